The number of fused-ring (bicyclic) bond motifs is 1. The van der Waals surface area contributed by atoms with Crippen LogP contribution in [0.3, 0.4) is 0 Å². The van der Waals surface area contributed by atoms with Crippen molar-refractivity contribution >= 4 is 21.6 Å². The van der Waals surface area contributed by atoms with Gasteiger partial charge in [0.1, 0.15) is 4.60 Å². The second-order valence-electron chi connectivity index (χ2n) is 5.84. The predicted octanol–water partition coefficient (Wildman–Crippen LogP) is 3.41. The number of nitrogens with one attached hydrogen (secondary N) is 1. The highest BCUT2D eigenvalue weighted by molar-refractivity contribution is 9.10. The first kappa shape index (κ1) is 14.0. The first-order valence-electron chi connectivity index (χ1n) is 7.42. The van der Waals surface area contributed by atoms with E-state index in [1.54, 1.807) is 6.20 Å². The molecular weight excluding hydrogens is 316 g/mol. The van der Waals surface area contributed by atoms with Gasteiger partial charge < -0.3 is 5.32 Å². The molecule has 1 aliphatic carbocycles. The van der Waals surface area contributed by atoms with Crippen molar-refractivity contribution in [1.29, 1.82) is 0 Å². The lowest BCUT2D eigenvalue weighted by Gasteiger charge is -2.28. The van der Waals surface area contributed by atoms with Crippen LogP contribution in [0.25, 0.3) is 5.65 Å². The minimum atomic E-state index is 0.830. The SMILES string of the molecule is CC1CCCCC1CNCc1cnc2cnc(Br)cn12. The van der Waals surface area contributed by atoms with E-state index in [2.05, 4.69) is 42.5 Å². The number of hydrogen-bond donors (Lipinski definition) is 1. The average Bonchev–Trinajstić information content (AvgIpc) is 2.83. The summed E-state index contributed by atoms with van der Waals surface area (Å²) >= 11 is 3.41. The summed E-state index contributed by atoms with van der Waals surface area (Å²) in [5.41, 5.74) is 2.09. The summed E-state index contributed by atoms with van der Waals surface area (Å²) in [5.74, 6) is 1.69. The third kappa shape index (κ3) is 3.04. The van der Waals surface area contributed by atoms with Gasteiger partial charge in [-0.05, 0) is 40.7 Å². The van der Waals surface area contributed by atoms with Gasteiger partial charge in [-0.2, -0.15) is 0 Å². The molecule has 1 aliphatic rings. The van der Waals surface area contributed by atoms with Gasteiger partial charge in [0, 0.05) is 12.7 Å². The van der Waals surface area contributed by atoms with Crippen LogP contribution in [0.1, 0.15) is 38.3 Å². The zero-order valence-electron chi connectivity index (χ0n) is 11.8. The van der Waals surface area contributed by atoms with Crippen LogP contribution in [0, 0.1) is 11.8 Å². The van der Waals surface area contributed by atoms with Crippen LogP contribution in [0.2, 0.25) is 0 Å². The Labute approximate surface area is 128 Å². The van der Waals surface area contributed by atoms with Gasteiger partial charge in [-0.15, -0.1) is 0 Å². The largest absolute Gasteiger partial charge is 0.311 e. The topological polar surface area (TPSA) is 42.2 Å². The smallest absolute Gasteiger partial charge is 0.155 e. The molecule has 2 atom stereocenters. The fraction of sp³-hybridized carbons (Fsp3) is 0.600. The van der Waals surface area contributed by atoms with E-state index < -0.39 is 0 Å². The maximum absolute atomic E-state index is 4.38. The summed E-state index contributed by atoms with van der Waals surface area (Å²) in [4.78, 5) is 8.58. The Hall–Kier alpha value is -0.940. The molecule has 0 aliphatic heterocycles. The van der Waals surface area contributed by atoms with Gasteiger partial charge in [-0.3, -0.25) is 4.40 Å². The van der Waals surface area contributed by atoms with Crippen molar-refractivity contribution in [3.05, 3.63) is 28.9 Å². The molecule has 1 saturated carbocycles. The molecule has 2 heterocycles. The normalized spacial score (nSPS) is 23.3. The number of hydrogen-bond acceptors (Lipinski definition) is 3. The first-order valence-corrected chi connectivity index (χ1v) is 8.21. The van der Waals surface area contributed by atoms with Crippen LogP contribution in [-0.4, -0.2) is 20.9 Å². The van der Waals surface area contributed by atoms with E-state index in [1.165, 1.54) is 31.4 Å². The molecule has 0 saturated heterocycles. The van der Waals surface area contributed by atoms with Crippen LogP contribution >= 0.6 is 15.9 Å². The number of aromatic nitrogens is 3. The molecule has 1 fully saturated rings. The molecule has 0 amide bonds. The molecular formula is C15H21BrN4. The Morgan fingerprint density at radius 1 is 1.30 bits per heavy atom. The molecule has 0 bridgehead atoms. The summed E-state index contributed by atoms with van der Waals surface area (Å²) < 4.78 is 2.93. The number of halogens is 1. The van der Waals surface area contributed by atoms with Crippen LogP contribution in [-0.2, 0) is 6.54 Å². The van der Waals surface area contributed by atoms with Crippen molar-refractivity contribution in [2.45, 2.75) is 39.2 Å². The summed E-state index contributed by atoms with van der Waals surface area (Å²) in [7, 11) is 0. The van der Waals surface area contributed by atoms with Crippen molar-refractivity contribution in [3.8, 4) is 0 Å². The van der Waals surface area contributed by atoms with Crippen molar-refractivity contribution in [3.63, 3.8) is 0 Å². The third-order valence-corrected chi connectivity index (χ3v) is 4.85. The third-order valence-electron chi connectivity index (χ3n) is 4.44. The van der Waals surface area contributed by atoms with Crippen molar-refractivity contribution in [2.75, 3.05) is 6.54 Å². The van der Waals surface area contributed by atoms with Crippen molar-refractivity contribution < 1.29 is 0 Å². The van der Waals surface area contributed by atoms with Crippen LogP contribution in [0.4, 0.5) is 0 Å². The Kier molecular flexibility index (Phi) is 4.36. The Morgan fingerprint density at radius 3 is 3.00 bits per heavy atom. The first-order chi connectivity index (χ1) is 9.74. The van der Waals surface area contributed by atoms with Crippen molar-refractivity contribution in [1.82, 2.24) is 19.7 Å². The van der Waals surface area contributed by atoms with E-state index >= 15 is 0 Å². The number of rotatable bonds is 4. The predicted molar refractivity (Wildman–Crippen MR) is 83.5 cm³/mol. The molecule has 0 radical (unpaired) electrons. The van der Waals surface area contributed by atoms with Crippen LogP contribution in [0.15, 0.2) is 23.2 Å². The molecule has 0 spiro atoms. The quantitative estimate of drug-likeness (QED) is 0.930. The highest BCUT2D eigenvalue weighted by Crippen LogP contribution is 2.28. The van der Waals surface area contributed by atoms with Crippen LogP contribution < -0.4 is 5.32 Å². The molecule has 5 heteroatoms. The minimum absolute atomic E-state index is 0.830. The van der Waals surface area contributed by atoms with Gasteiger partial charge in [0.25, 0.3) is 0 Å². The van der Waals surface area contributed by atoms with E-state index in [9.17, 15) is 0 Å². The molecule has 108 valence electrons. The Bertz CT molecular complexity index is 580. The maximum atomic E-state index is 4.38. The van der Waals surface area contributed by atoms with Gasteiger partial charge in [-0.1, -0.05) is 26.2 Å². The maximum Gasteiger partial charge on any atom is 0.155 e. The van der Waals surface area contributed by atoms with Gasteiger partial charge in [0.15, 0.2) is 5.65 Å². The molecule has 2 aromatic heterocycles. The Morgan fingerprint density at radius 2 is 2.15 bits per heavy atom. The molecule has 1 N–H and O–H groups in total. The number of imidazole rings is 1. The van der Waals surface area contributed by atoms with Crippen LogP contribution in [0.5, 0.6) is 0 Å². The van der Waals surface area contributed by atoms with E-state index in [1.807, 2.05) is 12.4 Å². The summed E-state index contributed by atoms with van der Waals surface area (Å²) in [6.45, 7) is 4.37. The minimum Gasteiger partial charge on any atom is -0.311 e. The number of nitrogens with zero attached hydrogens (tertiary/aromatic N) is 3. The van der Waals surface area contributed by atoms with Gasteiger partial charge in [-0.25, -0.2) is 9.97 Å². The molecule has 20 heavy (non-hydrogen) atoms. The zero-order valence-corrected chi connectivity index (χ0v) is 13.4. The molecule has 4 nitrogen and oxygen atoms in total. The standard InChI is InChI=1S/C15H21BrN4/c1-11-4-2-3-5-12(11)6-17-7-13-8-19-15-9-18-14(16)10-20(13)15/h8-12,17H,2-7H2,1H3. The average molecular weight is 337 g/mol. The summed E-state index contributed by atoms with van der Waals surface area (Å²) in [6, 6.07) is 0. The molecule has 2 unspecified atom stereocenters. The fourth-order valence-corrected chi connectivity index (χ4v) is 3.44. The highest BCUT2D eigenvalue weighted by Gasteiger charge is 2.20. The lowest BCUT2D eigenvalue weighted by atomic mass is 9.80. The van der Waals surface area contributed by atoms with Crippen molar-refractivity contribution in [2.24, 2.45) is 11.8 Å². The van der Waals surface area contributed by atoms with E-state index in [0.717, 1.165) is 35.2 Å². The van der Waals surface area contributed by atoms with E-state index in [0.29, 0.717) is 0 Å². The monoisotopic (exact) mass is 336 g/mol. The van der Waals surface area contributed by atoms with E-state index in [-0.39, 0.29) is 0 Å². The Balaban J connectivity index is 1.61. The highest BCUT2D eigenvalue weighted by atomic mass is 79.9. The van der Waals surface area contributed by atoms with Gasteiger partial charge >= 0.3 is 0 Å². The molecule has 0 aromatic carbocycles. The lowest BCUT2D eigenvalue weighted by Crippen LogP contribution is -2.29. The van der Waals surface area contributed by atoms with Gasteiger partial charge in [0.05, 0.1) is 18.1 Å². The second kappa shape index (κ2) is 6.22. The zero-order chi connectivity index (χ0) is 13.9. The van der Waals surface area contributed by atoms with E-state index in [4.69, 9.17) is 0 Å². The summed E-state index contributed by atoms with van der Waals surface area (Å²) in [5, 5.41) is 3.60. The molecule has 2 aromatic rings. The van der Waals surface area contributed by atoms with Gasteiger partial charge in [0.2, 0.25) is 0 Å². The lowest BCUT2D eigenvalue weighted by molar-refractivity contribution is 0.247. The summed E-state index contributed by atoms with van der Waals surface area (Å²) in [6.07, 6.45) is 11.3. The molecule has 3 rings (SSSR count). The fourth-order valence-electron chi connectivity index (χ4n) is 3.13. The second-order valence-corrected chi connectivity index (χ2v) is 6.65.